The van der Waals surface area contributed by atoms with Crippen LogP contribution in [0.4, 0.5) is 4.39 Å². The van der Waals surface area contributed by atoms with Crippen LogP contribution in [0.2, 0.25) is 0 Å². The normalized spacial score (nSPS) is 16.0. The summed E-state index contributed by atoms with van der Waals surface area (Å²) in [6, 6.07) is 18.5. The minimum Gasteiger partial charge on any atom is -0.460 e. The zero-order valence-corrected chi connectivity index (χ0v) is 15.6. The van der Waals surface area contributed by atoms with Crippen molar-refractivity contribution >= 4 is 17.4 Å². The summed E-state index contributed by atoms with van der Waals surface area (Å²) in [6.45, 7) is 0.304. The first-order valence-corrected chi connectivity index (χ1v) is 9.83. The van der Waals surface area contributed by atoms with E-state index in [0.29, 0.717) is 23.7 Å². The predicted molar refractivity (Wildman–Crippen MR) is 104 cm³/mol. The number of rotatable bonds is 4. The quantitative estimate of drug-likeness (QED) is 0.468. The van der Waals surface area contributed by atoms with Crippen LogP contribution in [0, 0.1) is 5.82 Å². The zero-order valence-electron chi connectivity index (χ0n) is 14.8. The van der Waals surface area contributed by atoms with Crippen LogP contribution in [-0.4, -0.2) is 14.6 Å². The molecular formula is C21H16FN3O2S. The third-order valence-electron chi connectivity index (χ3n) is 4.53. The number of fused-ring (bicyclic) bond motifs is 2. The maximum atomic E-state index is 14.1. The molecule has 1 atom stereocenters. The first-order valence-electron chi connectivity index (χ1n) is 8.85. The van der Waals surface area contributed by atoms with Crippen molar-refractivity contribution in [2.24, 2.45) is 0 Å². The van der Waals surface area contributed by atoms with Crippen molar-refractivity contribution in [1.29, 1.82) is 0 Å². The number of nitrogens with zero attached hydrogens (tertiary/aromatic N) is 3. The Kier molecular flexibility index (Phi) is 4.46. The predicted octanol–water partition coefficient (Wildman–Crippen LogP) is 4.77. The van der Waals surface area contributed by atoms with E-state index in [0.717, 1.165) is 21.9 Å². The summed E-state index contributed by atoms with van der Waals surface area (Å²) in [5.41, 5.74) is 3.20. The second-order valence-corrected chi connectivity index (χ2v) is 7.37. The Balaban J connectivity index is 1.43. The zero-order chi connectivity index (χ0) is 18.9. The van der Waals surface area contributed by atoms with Crippen molar-refractivity contribution in [1.82, 2.24) is 14.6 Å². The van der Waals surface area contributed by atoms with Crippen molar-refractivity contribution in [3.63, 3.8) is 0 Å². The summed E-state index contributed by atoms with van der Waals surface area (Å²) < 4.78 is 28.0. The molecule has 0 N–H and O–H groups in total. The van der Waals surface area contributed by atoms with Gasteiger partial charge < -0.3 is 9.47 Å². The van der Waals surface area contributed by atoms with Crippen LogP contribution in [0.25, 0.3) is 5.65 Å². The standard InChI is InChI=1S/C21H16FN3O2S/c22-17-10-15-12-26-20(14-6-2-1-3-7-14)27-19(15)16(11-17)13-28-21-24-23-18-8-4-5-9-25(18)21/h1-11,20H,12-13H2/t20-/m1/s1. The molecule has 0 unspecified atom stereocenters. The SMILES string of the molecule is Fc1cc2c(c(CSc3nnc4ccccn34)c1)O[C@H](c1ccccc1)OC2. The lowest BCUT2D eigenvalue weighted by Gasteiger charge is -2.28. The van der Waals surface area contributed by atoms with E-state index in [1.807, 2.05) is 59.1 Å². The number of ether oxygens (including phenoxy) is 2. The highest BCUT2D eigenvalue weighted by Crippen LogP contribution is 2.38. The van der Waals surface area contributed by atoms with E-state index in [9.17, 15) is 4.39 Å². The summed E-state index contributed by atoms with van der Waals surface area (Å²) in [4.78, 5) is 0. The lowest BCUT2D eigenvalue weighted by molar-refractivity contribution is -0.112. The molecule has 2 aromatic carbocycles. The van der Waals surface area contributed by atoms with Gasteiger partial charge in [0.15, 0.2) is 10.8 Å². The summed E-state index contributed by atoms with van der Waals surface area (Å²) in [5, 5.41) is 9.13. The van der Waals surface area contributed by atoms with E-state index in [1.54, 1.807) is 0 Å². The second kappa shape index (κ2) is 7.26. The largest absolute Gasteiger partial charge is 0.460 e. The van der Waals surface area contributed by atoms with Gasteiger partial charge in [-0.25, -0.2) is 4.39 Å². The van der Waals surface area contributed by atoms with Crippen LogP contribution in [0.5, 0.6) is 5.75 Å². The second-order valence-electron chi connectivity index (χ2n) is 6.42. The molecule has 28 heavy (non-hydrogen) atoms. The van der Waals surface area contributed by atoms with Gasteiger partial charge in [-0.1, -0.05) is 48.2 Å². The lowest BCUT2D eigenvalue weighted by atomic mass is 10.1. The molecule has 7 heteroatoms. The molecule has 0 radical (unpaired) electrons. The van der Waals surface area contributed by atoms with E-state index < -0.39 is 6.29 Å². The fourth-order valence-corrected chi connectivity index (χ4v) is 4.11. The van der Waals surface area contributed by atoms with Gasteiger partial charge in [0.05, 0.1) is 6.61 Å². The molecule has 140 valence electrons. The highest BCUT2D eigenvalue weighted by atomic mass is 32.2. The third-order valence-corrected chi connectivity index (χ3v) is 5.53. The van der Waals surface area contributed by atoms with Crippen molar-refractivity contribution in [2.75, 3.05) is 0 Å². The van der Waals surface area contributed by atoms with Gasteiger partial charge >= 0.3 is 0 Å². The van der Waals surface area contributed by atoms with E-state index in [4.69, 9.17) is 9.47 Å². The van der Waals surface area contributed by atoms with Gasteiger partial charge in [-0.15, -0.1) is 10.2 Å². The highest BCUT2D eigenvalue weighted by molar-refractivity contribution is 7.98. The third kappa shape index (κ3) is 3.23. The van der Waals surface area contributed by atoms with Crippen LogP contribution in [0.3, 0.4) is 0 Å². The molecule has 0 bridgehead atoms. The summed E-state index contributed by atoms with van der Waals surface area (Å²) in [7, 11) is 0. The van der Waals surface area contributed by atoms with Crippen molar-refractivity contribution < 1.29 is 13.9 Å². The average Bonchev–Trinajstić information content (AvgIpc) is 3.15. The van der Waals surface area contributed by atoms with Gasteiger partial charge in [-0.2, -0.15) is 0 Å². The maximum absolute atomic E-state index is 14.1. The molecule has 0 saturated heterocycles. The van der Waals surface area contributed by atoms with Crippen molar-refractivity contribution in [2.45, 2.75) is 23.8 Å². The molecule has 1 aliphatic heterocycles. The van der Waals surface area contributed by atoms with Crippen LogP contribution >= 0.6 is 11.8 Å². The van der Waals surface area contributed by atoms with E-state index >= 15 is 0 Å². The highest BCUT2D eigenvalue weighted by Gasteiger charge is 2.25. The van der Waals surface area contributed by atoms with Crippen LogP contribution in [0.15, 0.2) is 72.0 Å². The molecule has 3 heterocycles. The van der Waals surface area contributed by atoms with Gasteiger partial charge in [-0.3, -0.25) is 4.40 Å². The number of halogens is 1. The Morgan fingerprint density at radius 1 is 1.07 bits per heavy atom. The minimum atomic E-state index is -0.503. The Labute approximate surface area is 165 Å². The van der Waals surface area contributed by atoms with Gasteiger partial charge in [0.25, 0.3) is 0 Å². The Bertz CT molecular complexity index is 1130. The van der Waals surface area contributed by atoms with Gasteiger partial charge in [-0.05, 0) is 24.3 Å². The summed E-state index contributed by atoms with van der Waals surface area (Å²) >= 11 is 1.49. The molecule has 0 fully saturated rings. The number of pyridine rings is 1. The van der Waals surface area contributed by atoms with Crippen LogP contribution < -0.4 is 4.74 Å². The van der Waals surface area contributed by atoms with E-state index in [1.165, 1.54) is 23.9 Å². The topological polar surface area (TPSA) is 48.7 Å². The average molecular weight is 393 g/mol. The van der Waals surface area contributed by atoms with Gasteiger partial charge in [0, 0.05) is 28.6 Å². The van der Waals surface area contributed by atoms with Crippen molar-refractivity contribution in [3.05, 3.63) is 89.4 Å². The first-order chi connectivity index (χ1) is 13.8. The lowest BCUT2D eigenvalue weighted by Crippen LogP contribution is -2.19. The fraction of sp³-hybridized carbons (Fsp3) is 0.143. The Morgan fingerprint density at radius 3 is 2.82 bits per heavy atom. The molecule has 0 aliphatic carbocycles. The number of aromatic nitrogens is 3. The molecule has 0 spiro atoms. The molecule has 5 rings (SSSR count). The molecule has 5 nitrogen and oxygen atoms in total. The van der Waals surface area contributed by atoms with Crippen LogP contribution in [0.1, 0.15) is 23.0 Å². The number of thioether (sulfide) groups is 1. The van der Waals surface area contributed by atoms with Gasteiger partial charge in [0.2, 0.25) is 6.29 Å². The Morgan fingerprint density at radius 2 is 1.93 bits per heavy atom. The van der Waals surface area contributed by atoms with Crippen molar-refractivity contribution in [3.8, 4) is 5.75 Å². The smallest absolute Gasteiger partial charge is 0.227 e. The number of hydrogen-bond acceptors (Lipinski definition) is 5. The molecule has 4 aromatic rings. The minimum absolute atomic E-state index is 0.300. The molecule has 1 aliphatic rings. The Hall–Kier alpha value is -2.90. The monoisotopic (exact) mass is 393 g/mol. The summed E-state index contributed by atoms with van der Waals surface area (Å²) in [5.74, 6) is 0.894. The molecular weight excluding hydrogens is 377 g/mol. The molecule has 0 amide bonds. The molecule has 0 saturated carbocycles. The van der Waals surface area contributed by atoms with Crippen LogP contribution in [-0.2, 0) is 17.1 Å². The fourth-order valence-electron chi connectivity index (χ4n) is 3.22. The number of hydrogen-bond donors (Lipinski definition) is 0. The van der Waals surface area contributed by atoms with E-state index in [2.05, 4.69) is 10.2 Å². The number of benzene rings is 2. The van der Waals surface area contributed by atoms with Gasteiger partial charge in [0.1, 0.15) is 11.6 Å². The summed E-state index contributed by atoms with van der Waals surface area (Å²) in [6.07, 6.45) is 1.41. The first kappa shape index (κ1) is 17.2. The maximum Gasteiger partial charge on any atom is 0.227 e. The molecule has 2 aromatic heterocycles. The van der Waals surface area contributed by atoms with E-state index in [-0.39, 0.29) is 5.82 Å².